The molecule has 0 aliphatic rings. The first-order valence-electron chi connectivity index (χ1n) is 4.82. The second-order valence-corrected chi connectivity index (χ2v) is 3.24. The molecule has 2 N–H and O–H groups in total. The van der Waals surface area contributed by atoms with Gasteiger partial charge in [-0.2, -0.15) is 0 Å². The van der Waals surface area contributed by atoms with Gasteiger partial charge in [-0.3, -0.25) is 4.79 Å². The summed E-state index contributed by atoms with van der Waals surface area (Å²) in [4.78, 5) is 14.6. The lowest BCUT2D eigenvalue weighted by Gasteiger charge is -2.03. The van der Waals surface area contributed by atoms with Gasteiger partial charge in [0, 0.05) is 17.5 Å². The molecule has 0 fully saturated rings. The molecule has 1 amide bonds. The number of carbonyl (C=O) groups excluding carboxylic acids is 1. The van der Waals surface area contributed by atoms with Gasteiger partial charge in [-0.1, -0.05) is 18.2 Å². The number of aromatic amines is 1. The first kappa shape index (κ1) is 9.52. The van der Waals surface area contributed by atoms with Gasteiger partial charge < -0.3 is 10.3 Å². The molecule has 2 rings (SSSR count). The average molecular weight is 200 g/mol. The lowest BCUT2D eigenvalue weighted by atomic mass is 10.2. The van der Waals surface area contributed by atoms with Crippen molar-refractivity contribution in [1.82, 2.24) is 10.3 Å². The summed E-state index contributed by atoms with van der Waals surface area (Å²) >= 11 is 0. The molecule has 0 saturated heterocycles. The fraction of sp³-hybridized carbons (Fsp3) is 0.0833. The maximum absolute atomic E-state index is 11.6. The van der Waals surface area contributed by atoms with Crippen LogP contribution in [0.2, 0.25) is 0 Å². The summed E-state index contributed by atoms with van der Waals surface area (Å²) in [7, 11) is 0. The van der Waals surface area contributed by atoms with Crippen LogP contribution in [0.15, 0.2) is 48.7 Å². The van der Waals surface area contributed by atoms with E-state index >= 15 is 0 Å². The Morgan fingerprint density at radius 2 is 1.93 bits per heavy atom. The number of rotatable bonds is 3. The Morgan fingerprint density at radius 1 is 1.13 bits per heavy atom. The van der Waals surface area contributed by atoms with Crippen LogP contribution in [-0.4, -0.2) is 10.9 Å². The molecule has 0 unspecified atom stereocenters. The minimum Gasteiger partial charge on any atom is -0.364 e. The fourth-order valence-electron chi connectivity index (χ4n) is 1.34. The van der Waals surface area contributed by atoms with Crippen LogP contribution in [0.1, 0.15) is 16.1 Å². The molecule has 0 saturated carbocycles. The molecule has 76 valence electrons. The second-order valence-electron chi connectivity index (χ2n) is 3.24. The Balaban J connectivity index is 1.94. The number of benzene rings is 1. The largest absolute Gasteiger partial charge is 0.364 e. The van der Waals surface area contributed by atoms with Crippen LogP contribution in [0.25, 0.3) is 0 Å². The van der Waals surface area contributed by atoms with Gasteiger partial charge in [-0.15, -0.1) is 0 Å². The molecule has 0 bridgehead atoms. The number of aromatic nitrogens is 1. The van der Waals surface area contributed by atoms with Crippen LogP contribution >= 0.6 is 0 Å². The summed E-state index contributed by atoms with van der Waals surface area (Å²) in [6, 6.07) is 13.0. The fourth-order valence-corrected chi connectivity index (χ4v) is 1.34. The normalized spacial score (nSPS) is 9.87. The van der Waals surface area contributed by atoms with Crippen molar-refractivity contribution < 1.29 is 4.79 Å². The third-order valence-electron chi connectivity index (χ3n) is 2.14. The first-order valence-corrected chi connectivity index (χ1v) is 4.82. The highest BCUT2D eigenvalue weighted by molar-refractivity contribution is 5.93. The first-order chi connectivity index (χ1) is 7.36. The van der Waals surface area contributed by atoms with Gasteiger partial charge in [0.15, 0.2) is 0 Å². The monoisotopic (exact) mass is 200 g/mol. The zero-order chi connectivity index (χ0) is 10.5. The Labute approximate surface area is 88.1 Å². The van der Waals surface area contributed by atoms with Crippen molar-refractivity contribution in [3.8, 4) is 0 Å². The van der Waals surface area contributed by atoms with Crippen molar-refractivity contribution in [3.63, 3.8) is 0 Å². The van der Waals surface area contributed by atoms with E-state index in [0.717, 1.165) is 5.69 Å². The highest BCUT2D eigenvalue weighted by Gasteiger charge is 2.03. The van der Waals surface area contributed by atoms with E-state index in [9.17, 15) is 4.79 Å². The number of amides is 1. The summed E-state index contributed by atoms with van der Waals surface area (Å²) in [6.07, 6.45) is 1.84. The van der Waals surface area contributed by atoms with Gasteiger partial charge in [-0.25, -0.2) is 0 Å². The zero-order valence-corrected chi connectivity index (χ0v) is 8.23. The SMILES string of the molecule is O=C(NCc1ccc[nH]1)c1ccccc1. The number of carbonyl (C=O) groups is 1. The summed E-state index contributed by atoms with van der Waals surface area (Å²) < 4.78 is 0. The third-order valence-corrected chi connectivity index (χ3v) is 2.14. The van der Waals surface area contributed by atoms with E-state index in [1.54, 1.807) is 12.1 Å². The molecule has 3 nitrogen and oxygen atoms in total. The molecule has 0 spiro atoms. The predicted molar refractivity (Wildman–Crippen MR) is 58.4 cm³/mol. The highest BCUT2D eigenvalue weighted by atomic mass is 16.1. The van der Waals surface area contributed by atoms with Crippen LogP contribution < -0.4 is 5.32 Å². The number of hydrogen-bond acceptors (Lipinski definition) is 1. The number of H-pyrrole nitrogens is 1. The maximum Gasteiger partial charge on any atom is 0.251 e. The molecule has 0 atom stereocenters. The van der Waals surface area contributed by atoms with Crippen molar-refractivity contribution in [2.75, 3.05) is 0 Å². The Hall–Kier alpha value is -2.03. The summed E-state index contributed by atoms with van der Waals surface area (Å²) in [5, 5.41) is 2.83. The Kier molecular flexibility index (Phi) is 2.83. The standard InChI is InChI=1S/C12H12N2O/c15-12(10-5-2-1-3-6-10)14-9-11-7-4-8-13-11/h1-8,13H,9H2,(H,14,15). The Bertz CT molecular complexity index is 420. The van der Waals surface area contributed by atoms with E-state index in [2.05, 4.69) is 10.3 Å². The van der Waals surface area contributed by atoms with E-state index in [1.807, 2.05) is 36.5 Å². The van der Waals surface area contributed by atoms with Crippen LogP contribution in [0.3, 0.4) is 0 Å². The third kappa shape index (κ3) is 2.47. The van der Waals surface area contributed by atoms with E-state index in [1.165, 1.54) is 0 Å². The molecule has 1 heterocycles. The molecular formula is C12H12N2O. The molecule has 0 radical (unpaired) electrons. The molecule has 1 aromatic carbocycles. The molecule has 0 aliphatic carbocycles. The van der Waals surface area contributed by atoms with E-state index in [-0.39, 0.29) is 5.91 Å². The molecule has 0 aliphatic heterocycles. The molecular weight excluding hydrogens is 188 g/mol. The molecule has 2 aromatic rings. The van der Waals surface area contributed by atoms with Gasteiger partial charge in [0.05, 0.1) is 6.54 Å². The van der Waals surface area contributed by atoms with Crippen molar-refractivity contribution in [1.29, 1.82) is 0 Å². The van der Waals surface area contributed by atoms with Gasteiger partial charge in [0.2, 0.25) is 0 Å². The maximum atomic E-state index is 11.6. The van der Waals surface area contributed by atoms with Gasteiger partial charge in [0.1, 0.15) is 0 Å². The van der Waals surface area contributed by atoms with Gasteiger partial charge >= 0.3 is 0 Å². The average Bonchev–Trinajstić information content (AvgIpc) is 2.80. The summed E-state index contributed by atoms with van der Waals surface area (Å²) in [5.74, 6) is -0.0507. The molecule has 1 aromatic heterocycles. The van der Waals surface area contributed by atoms with Gasteiger partial charge in [-0.05, 0) is 24.3 Å². The van der Waals surface area contributed by atoms with E-state index in [0.29, 0.717) is 12.1 Å². The van der Waals surface area contributed by atoms with E-state index in [4.69, 9.17) is 0 Å². The quantitative estimate of drug-likeness (QED) is 0.781. The van der Waals surface area contributed by atoms with Crippen LogP contribution in [0.4, 0.5) is 0 Å². The predicted octanol–water partition coefficient (Wildman–Crippen LogP) is 1.94. The smallest absolute Gasteiger partial charge is 0.251 e. The number of hydrogen-bond donors (Lipinski definition) is 2. The topological polar surface area (TPSA) is 44.9 Å². The van der Waals surface area contributed by atoms with Gasteiger partial charge in [0.25, 0.3) is 5.91 Å². The van der Waals surface area contributed by atoms with Crippen molar-refractivity contribution in [3.05, 3.63) is 59.9 Å². The van der Waals surface area contributed by atoms with E-state index < -0.39 is 0 Å². The minimum atomic E-state index is -0.0507. The summed E-state index contributed by atoms with van der Waals surface area (Å²) in [6.45, 7) is 0.528. The zero-order valence-electron chi connectivity index (χ0n) is 8.23. The highest BCUT2D eigenvalue weighted by Crippen LogP contribution is 1.99. The lowest BCUT2D eigenvalue weighted by Crippen LogP contribution is -2.22. The molecule has 15 heavy (non-hydrogen) atoms. The van der Waals surface area contributed by atoms with Crippen molar-refractivity contribution in [2.45, 2.75) is 6.54 Å². The minimum absolute atomic E-state index is 0.0507. The van der Waals surface area contributed by atoms with Crippen LogP contribution in [0.5, 0.6) is 0 Å². The number of nitrogens with one attached hydrogen (secondary N) is 2. The van der Waals surface area contributed by atoms with Crippen molar-refractivity contribution in [2.24, 2.45) is 0 Å². The summed E-state index contributed by atoms with van der Waals surface area (Å²) in [5.41, 5.74) is 1.68. The lowest BCUT2D eigenvalue weighted by molar-refractivity contribution is 0.0950. The van der Waals surface area contributed by atoms with Crippen LogP contribution in [-0.2, 0) is 6.54 Å². The molecule has 3 heteroatoms. The van der Waals surface area contributed by atoms with Crippen LogP contribution in [0, 0.1) is 0 Å². The Morgan fingerprint density at radius 3 is 2.60 bits per heavy atom. The van der Waals surface area contributed by atoms with Crippen molar-refractivity contribution >= 4 is 5.91 Å². The second kappa shape index (κ2) is 4.46.